The first-order chi connectivity index (χ1) is 12.4. The summed E-state index contributed by atoms with van der Waals surface area (Å²) in [7, 11) is 0. The Morgan fingerprint density at radius 2 is 1.85 bits per heavy atom. The van der Waals surface area contributed by atoms with Gasteiger partial charge in [0.2, 0.25) is 0 Å². The molecule has 0 saturated carbocycles. The molecule has 0 aliphatic heterocycles. The third kappa shape index (κ3) is 3.45. The first-order valence-corrected chi connectivity index (χ1v) is 9.07. The number of benzene rings is 2. The molecule has 0 atom stereocenters. The molecule has 1 N–H and O–H groups in total. The number of halogens is 2. The van der Waals surface area contributed by atoms with Gasteiger partial charge in [0.05, 0.1) is 16.3 Å². The van der Waals surface area contributed by atoms with Gasteiger partial charge in [-0.2, -0.15) is 0 Å². The molecule has 0 spiro atoms. The lowest BCUT2D eigenvalue weighted by molar-refractivity contribution is 0.0697. The van der Waals surface area contributed by atoms with Crippen molar-refractivity contribution in [3.8, 4) is 5.69 Å². The van der Waals surface area contributed by atoms with Gasteiger partial charge in [-0.05, 0) is 60.1 Å². The number of aromatic nitrogens is 1. The molecule has 0 unspecified atom stereocenters. The maximum Gasteiger partial charge on any atom is 0.335 e. The van der Waals surface area contributed by atoms with Crippen molar-refractivity contribution in [3.05, 3.63) is 80.5 Å². The predicted molar refractivity (Wildman–Crippen MR) is 109 cm³/mol. The lowest BCUT2D eigenvalue weighted by Gasteiger charge is -2.09. The summed E-state index contributed by atoms with van der Waals surface area (Å²) in [4.78, 5) is 15.6. The van der Waals surface area contributed by atoms with Crippen molar-refractivity contribution >= 4 is 45.4 Å². The van der Waals surface area contributed by atoms with Crippen LogP contribution in [0.25, 0.3) is 5.69 Å². The van der Waals surface area contributed by atoms with Crippen molar-refractivity contribution in [1.82, 2.24) is 4.57 Å². The largest absolute Gasteiger partial charge is 0.478 e. The number of carboxylic acid groups (broad SMARTS) is 1. The number of hydrogen-bond acceptors (Lipinski definition) is 2. The third-order valence-corrected chi connectivity index (χ3v) is 5.48. The van der Waals surface area contributed by atoms with Gasteiger partial charge >= 0.3 is 5.97 Å². The van der Waals surface area contributed by atoms with E-state index in [2.05, 4.69) is 25.5 Å². The van der Waals surface area contributed by atoms with Gasteiger partial charge in [0.25, 0.3) is 0 Å². The molecule has 0 bridgehead atoms. The van der Waals surface area contributed by atoms with Crippen LogP contribution in [0, 0.1) is 13.8 Å². The van der Waals surface area contributed by atoms with E-state index < -0.39 is 5.97 Å². The maximum atomic E-state index is 11.1. The fourth-order valence-electron chi connectivity index (χ4n) is 2.82. The summed E-state index contributed by atoms with van der Waals surface area (Å²) < 4.78 is 3.08. The number of aliphatic imine (C=N–C) groups is 1. The molecule has 0 radical (unpaired) electrons. The molecular weight excluding hydrogens is 416 g/mol. The molecule has 3 rings (SSSR count). The van der Waals surface area contributed by atoms with Gasteiger partial charge in [-0.25, -0.2) is 4.79 Å². The zero-order valence-electron chi connectivity index (χ0n) is 14.2. The highest BCUT2D eigenvalue weighted by Gasteiger charge is 2.15. The molecule has 26 heavy (non-hydrogen) atoms. The number of nitrogens with zero attached hydrogens (tertiary/aromatic N) is 2. The Morgan fingerprint density at radius 3 is 2.50 bits per heavy atom. The molecule has 0 aliphatic carbocycles. The number of aromatic carboxylic acids is 1. The summed E-state index contributed by atoms with van der Waals surface area (Å²) in [6.45, 7) is 4.04. The van der Waals surface area contributed by atoms with Gasteiger partial charge in [-0.15, -0.1) is 0 Å². The van der Waals surface area contributed by atoms with Crippen molar-refractivity contribution in [2.75, 3.05) is 0 Å². The first-order valence-electron chi connectivity index (χ1n) is 7.90. The van der Waals surface area contributed by atoms with Crippen LogP contribution < -0.4 is 0 Å². The molecule has 1 heterocycles. The van der Waals surface area contributed by atoms with Crippen LogP contribution >= 0.6 is 27.5 Å². The minimum atomic E-state index is -1.01. The van der Waals surface area contributed by atoms with Gasteiger partial charge in [-0.1, -0.05) is 29.8 Å². The monoisotopic (exact) mass is 430 g/mol. The van der Waals surface area contributed by atoms with Crippen molar-refractivity contribution in [2.45, 2.75) is 13.8 Å². The van der Waals surface area contributed by atoms with E-state index in [0.717, 1.165) is 27.1 Å². The van der Waals surface area contributed by atoms with Crippen LogP contribution in [0.5, 0.6) is 0 Å². The van der Waals surface area contributed by atoms with Crippen LogP contribution in [-0.2, 0) is 0 Å². The second kappa shape index (κ2) is 7.48. The Balaban J connectivity index is 2.06. The highest BCUT2D eigenvalue weighted by Crippen LogP contribution is 2.31. The Morgan fingerprint density at radius 1 is 1.15 bits per heavy atom. The van der Waals surface area contributed by atoms with Gasteiger partial charge in [-0.3, -0.25) is 4.99 Å². The lowest BCUT2D eigenvalue weighted by atomic mass is 10.2. The molecule has 132 valence electrons. The van der Waals surface area contributed by atoms with Gasteiger partial charge in [0.1, 0.15) is 0 Å². The number of carbonyl (C=O) groups is 1. The van der Waals surface area contributed by atoms with E-state index in [4.69, 9.17) is 16.7 Å². The number of carboxylic acids is 1. The molecule has 0 aliphatic rings. The average molecular weight is 432 g/mol. The Bertz CT molecular complexity index is 1010. The zero-order valence-corrected chi connectivity index (χ0v) is 16.5. The number of rotatable bonds is 4. The Hall–Kier alpha value is -2.37. The summed E-state index contributed by atoms with van der Waals surface area (Å²) >= 11 is 9.80. The van der Waals surface area contributed by atoms with E-state index in [9.17, 15) is 4.79 Å². The molecule has 0 fully saturated rings. The fourth-order valence-corrected chi connectivity index (χ4v) is 3.55. The Kier molecular flexibility index (Phi) is 5.30. The maximum absolute atomic E-state index is 11.1. The molecule has 0 amide bonds. The van der Waals surface area contributed by atoms with Crippen LogP contribution in [0.1, 0.15) is 27.3 Å². The predicted octanol–water partition coefficient (Wildman–Crippen LogP) is 5.96. The SMILES string of the molecule is Cc1c(Br)c(C=Nc2cc(C(=O)O)ccc2Cl)c(C)n1-c1ccccc1. The van der Waals surface area contributed by atoms with Crippen LogP contribution in [0.3, 0.4) is 0 Å². The van der Waals surface area contributed by atoms with E-state index in [1.54, 1.807) is 12.3 Å². The number of hydrogen-bond donors (Lipinski definition) is 1. The van der Waals surface area contributed by atoms with Crippen molar-refractivity contribution in [1.29, 1.82) is 0 Å². The standard InChI is InChI=1S/C20H16BrClN2O2/c1-12-16(11-23-18-10-14(20(25)26)8-9-17(18)22)19(21)13(2)24(12)15-6-4-3-5-7-15/h3-11H,1-2H3,(H,25,26). The highest BCUT2D eigenvalue weighted by atomic mass is 79.9. The second-order valence-corrected chi connectivity index (χ2v) is 7.00. The molecule has 3 aromatic rings. The summed E-state index contributed by atoms with van der Waals surface area (Å²) in [5.74, 6) is -1.01. The van der Waals surface area contributed by atoms with Gasteiger partial charge < -0.3 is 9.67 Å². The van der Waals surface area contributed by atoms with E-state index in [1.165, 1.54) is 12.1 Å². The van der Waals surface area contributed by atoms with E-state index in [0.29, 0.717) is 10.7 Å². The third-order valence-electron chi connectivity index (χ3n) is 4.15. The smallest absolute Gasteiger partial charge is 0.335 e. The molecule has 6 heteroatoms. The number of para-hydroxylation sites is 1. The fraction of sp³-hybridized carbons (Fsp3) is 0.100. The van der Waals surface area contributed by atoms with Crippen LogP contribution in [-0.4, -0.2) is 21.9 Å². The van der Waals surface area contributed by atoms with E-state index >= 15 is 0 Å². The normalized spacial score (nSPS) is 11.2. The molecule has 1 aromatic heterocycles. The second-order valence-electron chi connectivity index (χ2n) is 5.80. The van der Waals surface area contributed by atoms with E-state index in [-0.39, 0.29) is 5.56 Å². The topological polar surface area (TPSA) is 54.6 Å². The summed E-state index contributed by atoms with van der Waals surface area (Å²) in [5, 5.41) is 9.54. The zero-order chi connectivity index (χ0) is 18.8. The van der Waals surface area contributed by atoms with Gasteiger partial charge in [0.15, 0.2) is 0 Å². The highest BCUT2D eigenvalue weighted by molar-refractivity contribution is 9.10. The van der Waals surface area contributed by atoms with Crippen molar-refractivity contribution < 1.29 is 9.90 Å². The van der Waals surface area contributed by atoms with Crippen molar-refractivity contribution in [2.24, 2.45) is 4.99 Å². The van der Waals surface area contributed by atoms with E-state index in [1.807, 2.05) is 44.2 Å². The van der Waals surface area contributed by atoms with Crippen LogP contribution in [0.2, 0.25) is 5.02 Å². The molecule has 0 saturated heterocycles. The summed E-state index contributed by atoms with van der Waals surface area (Å²) in [6.07, 6.45) is 1.71. The molecule has 4 nitrogen and oxygen atoms in total. The minimum absolute atomic E-state index is 0.148. The summed E-state index contributed by atoms with van der Waals surface area (Å²) in [6, 6.07) is 14.5. The quantitative estimate of drug-likeness (QED) is 0.518. The molecular formula is C20H16BrClN2O2. The molecule has 2 aromatic carbocycles. The average Bonchev–Trinajstić information content (AvgIpc) is 2.84. The van der Waals surface area contributed by atoms with Crippen LogP contribution in [0.15, 0.2) is 58.0 Å². The summed E-state index contributed by atoms with van der Waals surface area (Å²) in [5.41, 5.74) is 4.63. The lowest BCUT2D eigenvalue weighted by Crippen LogP contribution is -1.99. The van der Waals surface area contributed by atoms with Gasteiger partial charge in [0, 0.05) is 33.3 Å². The van der Waals surface area contributed by atoms with Crippen molar-refractivity contribution in [3.63, 3.8) is 0 Å². The minimum Gasteiger partial charge on any atom is -0.478 e. The Labute approximate surface area is 164 Å². The first kappa shape index (κ1) is 18.4. The van der Waals surface area contributed by atoms with Crippen LogP contribution in [0.4, 0.5) is 5.69 Å².